The van der Waals surface area contributed by atoms with Crippen molar-refractivity contribution < 1.29 is 4.74 Å². The number of nitrogens with two attached hydrogens (primary N) is 1. The first-order chi connectivity index (χ1) is 7.17. The number of rotatable bonds is 5. The average molecular weight is 274 g/mol. The number of anilines is 1. The molecule has 0 fully saturated rings. The second-order valence-electron chi connectivity index (χ2n) is 3.30. The van der Waals surface area contributed by atoms with E-state index < -0.39 is 0 Å². The summed E-state index contributed by atoms with van der Waals surface area (Å²) in [7, 11) is 1.66. The monoisotopic (exact) mass is 273 g/mol. The number of ether oxygens (including phenoxy) is 1. The van der Waals surface area contributed by atoms with Crippen LogP contribution in [-0.2, 0) is 4.74 Å². The zero-order valence-electron chi connectivity index (χ0n) is 8.96. The Kier molecular flexibility index (Phi) is 5.01. The van der Waals surface area contributed by atoms with Crippen LogP contribution in [0.5, 0.6) is 0 Å². The number of halogens is 1. The molecule has 0 saturated heterocycles. The summed E-state index contributed by atoms with van der Waals surface area (Å²) in [6.07, 6.45) is 0. The molecule has 4 nitrogen and oxygen atoms in total. The van der Waals surface area contributed by atoms with E-state index in [1.165, 1.54) is 0 Å². The van der Waals surface area contributed by atoms with Crippen molar-refractivity contribution >= 4 is 21.7 Å². The predicted octanol–water partition coefficient (Wildman–Crippen LogP) is 1.54. The van der Waals surface area contributed by atoms with Crippen molar-refractivity contribution in [3.05, 3.63) is 22.3 Å². The maximum atomic E-state index is 5.60. The highest BCUT2D eigenvalue weighted by atomic mass is 79.9. The van der Waals surface area contributed by atoms with Crippen LogP contribution in [0.3, 0.4) is 0 Å². The van der Waals surface area contributed by atoms with Crippen LogP contribution in [-0.4, -0.2) is 31.3 Å². The van der Waals surface area contributed by atoms with E-state index in [0.29, 0.717) is 13.2 Å². The van der Waals surface area contributed by atoms with Gasteiger partial charge in [-0.05, 0) is 35.0 Å². The summed E-state index contributed by atoms with van der Waals surface area (Å²) in [5.74, 6) is 0.822. The van der Waals surface area contributed by atoms with Crippen molar-refractivity contribution in [3.8, 4) is 0 Å². The minimum absolute atomic E-state index is 0.100. The van der Waals surface area contributed by atoms with Crippen molar-refractivity contribution in [3.63, 3.8) is 0 Å². The third-order valence-corrected chi connectivity index (χ3v) is 2.86. The lowest BCUT2D eigenvalue weighted by molar-refractivity contribution is 0.187. The van der Waals surface area contributed by atoms with E-state index >= 15 is 0 Å². The number of hydrogen-bond donors (Lipinski definition) is 2. The van der Waals surface area contributed by atoms with Crippen molar-refractivity contribution in [1.82, 2.24) is 4.98 Å². The molecule has 0 aromatic carbocycles. The SMILES string of the molecule is COCC(CN)Nc1ccc(Br)c(C)n1. The summed E-state index contributed by atoms with van der Waals surface area (Å²) in [4.78, 5) is 4.37. The van der Waals surface area contributed by atoms with Crippen LogP contribution in [0.15, 0.2) is 16.6 Å². The fourth-order valence-corrected chi connectivity index (χ4v) is 1.42. The molecule has 15 heavy (non-hydrogen) atoms. The third kappa shape index (κ3) is 3.77. The summed E-state index contributed by atoms with van der Waals surface area (Å²) in [6, 6.07) is 3.98. The van der Waals surface area contributed by atoms with Gasteiger partial charge in [-0.15, -0.1) is 0 Å². The second-order valence-corrected chi connectivity index (χ2v) is 4.15. The highest BCUT2D eigenvalue weighted by molar-refractivity contribution is 9.10. The molecule has 0 saturated carbocycles. The summed E-state index contributed by atoms with van der Waals surface area (Å²) < 4.78 is 6.05. The van der Waals surface area contributed by atoms with Crippen LogP contribution in [0.25, 0.3) is 0 Å². The van der Waals surface area contributed by atoms with Gasteiger partial charge < -0.3 is 15.8 Å². The molecule has 0 aliphatic rings. The minimum Gasteiger partial charge on any atom is -0.383 e. The Hall–Kier alpha value is -0.650. The fourth-order valence-electron chi connectivity index (χ4n) is 1.20. The molecular formula is C10H16BrN3O. The minimum atomic E-state index is 0.100. The van der Waals surface area contributed by atoms with E-state index in [4.69, 9.17) is 10.5 Å². The van der Waals surface area contributed by atoms with Gasteiger partial charge >= 0.3 is 0 Å². The number of hydrogen-bond acceptors (Lipinski definition) is 4. The summed E-state index contributed by atoms with van der Waals surface area (Å²) in [5, 5.41) is 3.22. The molecule has 0 bridgehead atoms. The molecule has 84 valence electrons. The van der Waals surface area contributed by atoms with Gasteiger partial charge in [0.1, 0.15) is 5.82 Å². The normalized spacial score (nSPS) is 12.5. The topological polar surface area (TPSA) is 60.2 Å². The first kappa shape index (κ1) is 12.4. The molecule has 0 aliphatic carbocycles. The molecule has 1 heterocycles. The van der Waals surface area contributed by atoms with E-state index in [0.717, 1.165) is 16.0 Å². The van der Waals surface area contributed by atoms with Gasteiger partial charge in [0, 0.05) is 18.1 Å². The average Bonchev–Trinajstić information content (AvgIpc) is 2.23. The Morgan fingerprint density at radius 3 is 2.87 bits per heavy atom. The predicted molar refractivity (Wildman–Crippen MR) is 65.0 cm³/mol. The lowest BCUT2D eigenvalue weighted by Crippen LogP contribution is -2.33. The van der Waals surface area contributed by atoms with Crippen LogP contribution >= 0.6 is 15.9 Å². The first-order valence-electron chi connectivity index (χ1n) is 4.76. The fraction of sp³-hybridized carbons (Fsp3) is 0.500. The molecule has 0 amide bonds. The van der Waals surface area contributed by atoms with E-state index in [2.05, 4.69) is 26.2 Å². The molecule has 0 spiro atoms. The number of nitrogens with zero attached hydrogens (tertiary/aromatic N) is 1. The summed E-state index contributed by atoms with van der Waals surface area (Å²) >= 11 is 3.40. The Bertz CT molecular complexity index is 320. The molecule has 1 aromatic heterocycles. The molecule has 1 unspecified atom stereocenters. The van der Waals surface area contributed by atoms with E-state index in [9.17, 15) is 0 Å². The Morgan fingerprint density at radius 1 is 1.60 bits per heavy atom. The van der Waals surface area contributed by atoms with Gasteiger partial charge in [-0.25, -0.2) is 4.98 Å². The smallest absolute Gasteiger partial charge is 0.126 e. The molecular weight excluding hydrogens is 258 g/mol. The highest BCUT2D eigenvalue weighted by Crippen LogP contribution is 2.16. The van der Waals surface area contributed by atoms with Crippen molar-refractivity contribution in [2.45, 2.75) is 13.0 Å². The zero-order chi connectivity index (χ0) is 11.3. The largest absolute Gasteiger partial charge is 0.383 e. The molecule has 1 rings (SSSR count). The first-order valence-corrected chi connectivity index (χ1v) is 5.55. The van der Waals surface area contributed by atoms with Crippen molar-refractivity contribution in [1.29, 1.82) is 0 Å². The van der Waals surface area contributed by atoms with Gasteiger partial charge in [-0.2, -0.15) is 0 Å². The van der Waals surface area contributed by atoms with Crippen molar-refractivity contribution in [2.24, 2.45) is 5.73 Å². The van der Waals surface area contributed by atoms with Crippen LogP contribution < -0.4 is 11.1 Å². The number of aromatic nitrogens is 1. The van der Waals surface area contributed by atoms with Gasteiger partial charge in [0.25, 0.3) is 0 Å². The molecule has 0 aliphatic heterocycles. The molecule has 5 heteroatoms. The van der Waals surface area contributed by atoms with Crippen LogP contribution in [0, 0.1) is 6.92 Å². The maximum absolute atomic E-state index is 5.60. The second kappa shape index (κ2) is 6.05. The Labute approximate surface area is 98.3 Å². The summed E-state index contributed by atoms with van der Waals surface area (Å²) in [6.45, 7) is 3.04. The van der Waals surface area contributed by atoms with Gasteiger partial charge in [0.15, 0.2) is 0 Å². The number of methoxy groups -OCH3 is 1. The number of pyridine rings is 1. The molecule has 0 radical (unpaired) electrons. The quantitative estimate of drug-likeness (QED) is 0.855. The molecule has 1 atom stereocenters. The molecule has 3 N–H and O–H groups in total. The van der Waals surface area contributed by atoms with Gasteiger partial charge in [-0.3, -0.25) is 0 Å². The van der Waals surface area contributed by atoms with Crippen LogP contribution in [0.4, 0.5) is 5.82 Å². The Balaban J connectivity index is 2.66. The van der Waals surface area contributed by atoms with E-state index in [-0.39, 0.29) is 6.04 Å². The van der Waals surface area contributed by atoms with Gasteiger partial charge in [0.2, 0.25) is 0 Å². The van der Waals surface area contributed by atoms with Gasteiger partial charge in [-0.1, -0.05) is 0 Å². The van der Waals surface area contributed by atoms with Crippen LogP contribution in [0.2, 0.25) is 0 Å². The van der Waals surface area contributed by atoms with Crippen molar-refractivity contribution in [2.75, 3.05) is 25.6 Å². The standard InChI is InChI=1S/C10H16BrN3O/c1-7-9(11)3-4-10(13-7)14-8(5-12)6-15-2/h3-4,8H,5-6,12H2,1-2H3,(H,13,14). The summed E-state index contributed by atoms with van der Waals surface area (Å²) in [5.41, 5.74) is 6.55. The Morgan fingerprint density at radius 2 is 2.33 bits per heavy atom. The zero-order valence-corrected chi connectivity index (χ0v) is 10.5. The number of nitrogens with one attached hydrogen (secondary N) is 1. The van der Waals surface area contributed by atoms with Crippen LogP contribution in [0.1, 0.15) is 5.69 Å². The van der Waals surface area contributed by atoms with Gasteiger partial charge in [0.05, 0.1) is 18.3 Å². The lowest BCUT2D eigenvalue weighted by Gasteiger charge is -2.16. The van der Waals surface area contributed by atoms with E-state index in [1.54, 1.807) is 7.11 Å². The number of aryl methyl sites for hydroxylation is 1. The maximum Gasteiger partial charge on any atom is 0.126 e. The lowest BCUT2D eigenvalue weighted by atomic mass is 10.3. The van der Waals surface area contributed by atoms with E-state index in [1.807, 2.05) is 19.1 Å². The highest BCUT2D eigenvalue weighted by Gasteiger charge is 2.07. The third-order valence-electron chi connectivity index (χ3n) is 2.03. The molecule has 1 aromatic rings.